The van der Waals surface area contributed by atoms with Crippen LogP contribution in [0.1, 0.15) is 37.6 Å². The summed E-state index contributed by atoms with van der Waals surface area (Å²) >= 11 is 0. The molecule has 0 saturated carbocycles. The number of furan rings is 1. The first-order valence-corrected chi connectivity index (χ1v) is 12.1. The van der Waals surface area contributed by atoms with Gasteiger partial charge in [0.1, 0.15) is 11.8 Å². The first-order chi connectivity index (χ1) is 12.5. The van der Waals surface area contributed by atoms with Gasteiger partial charge in [0.2, 0.25) is 11.8 Å². The normalized spacial score (nSPS) is 18.0. The van der Waals surface area contributed by atoms with E-state index in [0.717, 1.165) is 18.1 Å². The van der Waals surface area contributed by atoms with E-state index in [0.29, 0.717) is 56.5 Å². The summed E-state index contributed by atoms with van der Waals surface area (Å²) in [7, 11) is -2.03. The van der Waals surface area contributed by atoms with Gasteiger partial charge in [-0.25, -0.2) is 0 Å². The van der Waals surface area contributed by atoms with Crippen LogP contribution in [0.25, 0.3) is 0 Å². The van der Waals surface area contributed by atoms with Crippen LogP contribution in [0.2, 0.25) is 18.1 Å². The number of carbonyl (C=O) groups excluding carboxylic acids is 2. The van der Waals surface area contributed by atoms with Gasteiger partial charge in [0, 0.05) is 26.1 Å². The lowest BCUT2D eigenvalue weighted by Crippen LogP contribution is -2.45. The lowest BCUT2D eigenvalue weighted by atomic mass is 10.2. The second kappa shape index (κ2) is 7.83. The molecular formula is C18H28N2O5Si. The van der Waals surface area contributed by atoms with Crippen LogP contribution in [-0.4, -0.2) is 57.9 Å². The summed E-state index contributed by atoms with van der Waals surface area (Å²) in [4.78, 5) is 28.3. The van der Waals surface area contributed by atoms with Crippen LogP contribution < -0.4 is 9.33 Å². The first kappa shape index (κ1) is 19.0. The number of hydrogen-bond donors (Lipinski definition) is 0. The molecule has 8 heteroatoms. The highest BCUT2D eigenvalue weighted by Crippen LogP contribution is 2.41. The SMILES string of the molecule is CC[Si](CC)(CC)Oc1c(C(=O)N2CCOCC2)coc1N1CCC1=O. The van der Waals surface area contributed by atoms with E-state index in [-0.39, 0.29) is 11.8 Å². The first-order valence-electron chi connectivity index (χ1n) is 9.53. The molecule has 1 aromatic rings. The Morgan fingerprint density at radius 1 is 1.15 bits per heavy atom. The standard InChI is InChI=1S/C18H28N2O5Si/c1-4-26(5-2,6-3)25-16-14(17(22)19-9-11-23-12-10-19)13-24-18(16)20-8-7-15(20)21/h13H,4-12H2,1-3H3. The summed E-state index contributed by atoms with van der Waals surface area (Å²) in [5, 5.41) is 0. The molecule has 7 nitrogen and oxygen atoms in total. The Hall–Kier alpha value is -1.80. The quantitative estimate of drug-likeness (QED) is 0.537. The molecule has 0 bridgehead atoms. The number of anilines is 1. The van der Waals surface area contributed by atoms with Crippen LogP contribution in [-0.2, 0) is 9.53 Å². The molecule has 2 fully saturated rings. The second-order valence-corrected chi connectivity index (χ2v) is 11.5. The third kappa shape index (κ3) is 3.40. The molecule has 0 atom stereocenters. The van der Waals surface area contributed by atoms with Crippen LogP contribution in [0.4, 0.5) is 5.88 Å². The van der Waals surface area contributed by atoms with Gasteiger partial charge in [-0.2, -0.15) is 0 Å². The smallest absolute Gasteiger partial charge is 0.261 e. The Labute approximate surface area is 155 Å². The molecule has 2 aliphatic rings. The van der Waals surface area contributed by atoms with Gasteiger partial charge >= 0.3 is 0 Å². The van der Waals surface area contributed by atoms with Gasteiger partial charge in [-0.1, -0.05) is 20.8 Å². The molecule has 0 radical (unpaired) electrons. The Morgan fingerprint density at radius 2 is 1.81 bits per heavy atom. The molecular weight excluding hydrogens is 352 g/mol. The number of β-lactam (4-membered cyclic amide) rings is 1. The Morgan fingerprint density at radius 3 is 2.31 bits per heavy atom. The third-order valence-corrected chi connectivity index (χ3v) is 10.1. The van der Waals surface area contributed by atoms with E-state index in [1.54, 1.807) is 9.80 Å². The molecule has 1 aromatic heterocycles. The monoisotopic (exact) mass is 380 g/mol. The number of nitrogens with zero attached hydrogens (tertiary/aromatic N) is 2. The molecule has 3 rings (SSSR count). The van der Waals surface area contributed by atoms with Gasteiger partial charge < -0.3 is 18.5 Å². The topological polar surface area (TPSA) is 72.2 Å². The molecule has 0 spiro atoms. The zero-order chi connectivity index (χ0) is 18.7. The molecule has 0 unspecified atom stereocenters. The average molecular weight is 381 g/mol. The van der Waals surface area contributed by atoms with Crippen molar-refractivity contribution < 1.29 is 23.2 Å². The van der Waals surface area contributed by atoms with E-state index in [9.17, 15) is 9.59 Å². The van der Waals surface area contributed by atoms with Crippen molar-refractivity contribution in [3.63, 3.8) is 0 Å². The lowest BCUT2D eigenvalue weighted by molar-refractivity contribution is -0.122. The fourth-order valence-electron chi connectivity index (χ4n) is 3.42. The van der Waals surface area contributed by atoms with Crippen molar-refractivity contribution >= 4 is 26.0 Å². The maximum atomic E-state index is 13.0. The van der Waals surface area contributed by atoms with Crippen molar-refractivity contribution in [1.29, 1.82) is 0 Å². The molecule has 0 aliphatic carbocycles. The predicted molar refractivity (Wildman–Crippen MR) is 100 cm³/mol. The minimum absolute atomic E-state index is 0.00586. The summed E-state index contributed by atoms with van der Waals surface area (Å²) in [5.41, 5.74) is 0.425. The predicted octanol–water partition coefficient (Wildman–Crippen LogP) is 2.87. The van der Waals surface area contributed by atoms with Crippen LogP contribution in [0.5, 0.6) is 5.75 Å². The van der Waals surface area contributed by atoms with Crippen molar-refractivity contribution in [2.45, 2.75) is 45.3 Å². The number of ether oxygens (including phenoxy) is 1. The van der Waals surface area contributed by atoms with Crippen molar-refractivity contribution in [2.24, 2.45) is 0 Å². The maximum absolute atomic E-state index is 13.0. The molecule has 0 N–H and O–H groups in total. The van der Waals surface area contributed by atoms with E-state index in [1.807, 2.05) is 0 Å². The van der Waals surface area contributed by atoms with Gasteiger partial charge in [-0.05, 0) is 18.1 Å². The van der Waals surface area contributed by atoms with Crippen molar-refractivity contribution in [2.75, 3.05) is 37.7 Å². The van der Waals surface area contributed by atoms with Crippen molar-refractivity contribution in [3.05, 3.63) is 11.8 Å². The fraction of sp³-hybridized carbons (Fsp3) is 0.667. The number of carbonyl (C=O) groups is 2. The van der Waals surface area contributed by atoms with Gasteiger partial charge in [-0.3, -0.25) is 14.5 Å². The van der Waals surface area contributed by atoms with Crippen molar-refractivity contribution in [3.8, 4) is 5.75 Å². The maximum Gasteiger partial charge on any atom is 0.261 e. The highest BCUT2D eigenvalue weighted by molar-refractivity contribution is 6.74. The summed E-state index contributed by atoms with van der Waals surface area (Å²) in [5.74, 6) is 0.751. The molecule has 0 aromatic carbocycles. The van der Waals surface area contributed by atoms with E-state index < -0.39 is 8.32 Å². The van der Waals surface area contributed by atoms with Gasteiger partial charge in [0.25, 0.3) is 14.2 Å². The van der Waals surface area contributed by atoms with Gasteiger partial charge in [-0.15, -0.1) is 0 Å². The summed E-state index contributed by atoms with van der Waals surface area (Å²) < 4.78 is 17.6. The van der Waals surface area contributed by atoms with E-state index in [4.69, 9.17) is 13.6 Å². The molecule has 3 heterocycles. The van der Waals surface area contributed by atoms with Gasteiger partial charge in [0.15, 0.2) is 5.75 Å². The molecule has 2 amide bonds. The number of morpholine rings is 1. The average Bonchev–Trinajstić information content (AvgIpc) is 3.07. The largest absolute Gasteiger partial charge is 0.539 e. The molecule has 2 saturated heterocycles. The summed E-state index contributed by atoms with van der Waals surface area (Å²) in [6.07, 6.45) is 1.96. The molecule has 2 aliphatic heterocycles. The number of amides is 2. The minimum Gasteiger partial charge on any atom is -0.539 e. The van der Waals surface area contributed by atoms with Gasteiger partial charge in [0.05, 0.1) is 13.2 Å². The van der Waals surface area contributed by atoms with E-state index in [2.05, 4.69) is 20.8 Å². The summed E-state index contributed by atoms with van der Waals surface area (Å²) in [6.45, 7) is 9.20. The lowest BCUT2D eigenvalue weighted by Gasteiger charge is -2.33. The highest BCUT2D eigenvalue weighted by Gasteiger charge is 2.39. The molecule has 26 heavy (non-hydrogen) atoms. The number of hydrogen-bond acceptors (Lipinski definition) is 5. The minimum atomic E-state index is -2.03. The Balaban J connectivity index is 1.96. The highest BCUT2D eigenvalue weighted by atomic mass is 28.4. The van der Waals surface area contributed by atoms with E-state index >= 15 is 0 Å². The Bertz CT molecular complexity index is 656. The van der Waals surface area contributed by atoms with Crippen molar-refractivity contribution in [1.82, 2.24) is 4.90 Å². The Kier molecular flexibility index (Phi) is 5.72. The third-order valence-electron chi connectivity index (χ3n) is 5.60. The molecule has 144 valence electrons. The zero-order valence-electron chi connectivity index (χ0n) is 15.9. The zero-order valence-corrected chi connectivity index (χ0v) is 16.9. The van der Waals surface area contributed by atoms with Crippen LogP contribution in [0.15, 0.2) is 10.7 Å². The summed E-state index contributed by atoms with van der Waals surface area (Å²) in [6, 6.07) is 2.84. The second-order valence-electron chi connectivity index (χ2n) is 6.83. The van der Waals surface area contributed by atoms with Crippen LogP contribution in [0, 0.1) is 0 Å². The van der Waals surface area contributed by atoms with Crippen LogP contribution >= 0.6 is 0 Å². The number of rotatable bonds is 7. The van der Waals surface area contributed by atoms with Crippen LogP contribution in [0.3, 0.4) is 0 Å². The fourth-order valence-corrected chi connectivity index (χ4v) is 5.98. The van der Waals surface area contributed by atoms with E-state index in [1.165, 1.54) is 6.26 Å².